The molecule has 0 aromatic carbocycles. The molecule has 0 atom stereocenters. The number of rotatable bonds is 3. The number of hydrogen-bond acceptors (Lipinski definition) is 5. The van der Waals surface area contributed by atoms with E-state index in [1.807, 2.05) is 0 Å². The molecule has 0 fully saturated rings. The summed E-state index contributed by atoms with van der Waals surface area (Å²) in [5.41, 5.74) is 0.626. The van der Waals surface area contributed by atoms with Crippen LogP contribution in [0.3, 0.4) is 0 Å². The van der Waals surface area contributed by atoms with Crippen LogP contribution in [-0.2, 0) is 6.61 Å². The predicted octanol–water partition coefficient (Wildman–Crippen LogP) is 1.83. The van der Waals surface area contributed by atoms with Crippen LogP contribution in [0.15, 0.2) is 18.5 Å². The average molecular weight is 270 g/mol. The molecule has 2 aromatic rings. The normalized spacial score (nSPS) is 10.4. The molecule has 7 heteroatoms. The van der Waals surface area contributed by atoms with E-state index in [4.69, 9.17) is 21.4 Å². The van der Waals surface area contributed by atoms with Gasteiger partial charge in [0.1, 0.15) is 5.69 Å². The van der Waals surface area contributed by atoms with Gasteiger partial charge in [-0.2, -0.15) is 0 Å². The molecule has 0 aliphatic heterocycles. The zero-order valence-corrected chi connectivity index (χ0v) is 10.1. The molecule has 2 heterocycles. The van der Waals surface area contributed by atoms with Crippen LogP contribution in [0.25, 0.3) is 11.3 Å². The Labute approximate surface area is 107 Å². The summed E-state index contributed by atoms with van der Waals surface area (Å²) in [5.74, 6) is -0.334. The Morgan fingerprint density at radius 2 is 2.17 bits per heavy atom. The van der Waals surface area contributed by atoms with Gasteiger partial charge in [-0.3, -0.25) is 4.98 Å². The number of aromatic nitrogens is 3. The second kappa shape index (κ2) is 5.24. The number of pyridine rings is 1. The Hall–Kier alpha value is -1.79. The molecular formula is C11H9ClFN3O2. The fourth-order valence-electron chi connectivity index (χ4n) is 1.37. The van der Waals surface area contributed by atoms with Crippen LogP contribution >= 0.6 is 11.6 Å². The van der Waals surface area contributed by atoms with E-state index >= 15 is 0 Å². The number of aliphatic hydroxyl groups excluding tert-OH is 1. The number of hydrogen-bond donors (Lipinski definition) is 1. The SMILES string of the molecule is COc1cc(-c2ncc(CO)nc2Cl)c(F)cn1. The summed E-state index contributed by atoms with van der Waals surface area (Å²) in [6, 6.07) is 1.38. The summed E-state index contributed by atoms with van der Waals surface area (Å²) in [4.78, 5) is 11.6. The van der Waals surface area contributed by atoms with Crippen molar-refractivity contribution in [1.82, 2.24) is 15.0 Å². The third-order valence-corrected chi connectivity index (χ3v) is 2.50. The molecule has 0 aliphatic carbocycles. The van der Waals surface area contributed by atoms with Gasteiger partial charge >= 0.3 is 0 Å². The lowest BCUT2D eigenvalue weighted by Gasteiger charge is -2.07. The van der Waals surface area contributed by atoms with Crippen molar-refractivity contribution in [1.29, 1.82) is 0 Å². The third kappa shape index (κ3) is 2.39. The van der Waals surface area contributed by atoms with Gasteiger partial charge in [-0.25, -0.2) is 14.4 Å². The largest absolute Gasteiger partial charge is 0.481 e. The molecule has 0 unspecified atom stereocenters. The summed E-state index contributed by atoms with van der Waals surface area (Å²) in [6.07, 6.45) is 2.35. The monoisotopic (exact) mass is 269 g/mol. The zero-order valence-electron chi connectivity index (χ0n) is 9.39. The summed E-state index contributed by atoms with van der Waals surface area (Å²) in [5, 5.41) is 8.90. The van der Waals surface area contributed by atoms with Crippen molar-refractivity contribution in [3.8, 4) is 17.1 Å². The highest BCUT2D eigenvalue weighted by molar-refractivity contribution is 6.31. The molecule has 0 saturated heterocycles. The minimum absolute atomic E-state index is 0.00806. The zero-order chi connectivity index (χ0) is 13.1. The van der Waals surface area contributed by atoms with E-state index in [1.165, 1.54) is 19.4 Å². The highest BCUT2D eigenvalue weighted by Gasteiger charge is 2.14. The number of ether oxygens (including phenoxy) is 1. The van der Waals surface area contributed by atoms with Gasteiger partial charge in [-0.05, 0) is 0 Å². The average Bonchev–Trinajstić information content (AvgIpc) is 2.39. The number of nitrogens with zero attached hydrogens (tertiary/aromatic N) is 3. The molecule has 5 nitrogen and oxygen atoms in total. The molecule has 0 radical (unpaired) electrons. The van der Waals surface area contributed by atoms with Crippen molar-refractivity contribution in [3.05, 3.63) is 35.1 Å². The molecule has 0 amide bonds. The minimum Gasteiger partial charge on any atom is -0.481 e. The van der Waals surface area contributed by atoms with Crippen molar-refractivity contribution in [2.75, 3.05) is 7.11 Å². The molecule has 0 aliphatic rings. The first-order chi connectivity index (χ1) is 8.65. The van der Waals surface area contributed by atoms with Crippen molar-refractivity contribution in [2.24, 2.45) is 0 Å². The van der Waals surface area contributed by atoms with Crippen LogP contribution in [0.2, 0.25) is 5.15 Å². The molecule has 2 aromatic heterocycles. The van der Waals surface area contributed by atoms with E-state index in [-0.39, 0.29) is 28.9 Å². The molecule has 0 spiro atoms. The third-order valence-electron chi connectivity index (χ3n) is 2.24. The van der Waals surface area contributed by atoms with Gasteiger partial charge in [0.05, 0.1) is 31.8 Å². The number of methoxy groups -OCH3 is 1. The van der Waals surface area contributed by atoms with Gasteiger partial charge in [0, 0.05) is 11.6 Å². The standard InChI is InChI=1S/C11H9ClFN3O2/c1-18-9-2-7(8(13)4-14-9)10-11(12)16-6(5-17)3-15-10/h2-4,17H,5H2,1H3. The second-order valence-electron chi connectivity index (χ2n) is 3.37. The molecule has 0 saturated carbocycles. The van der Waals surface area contributed by atoms with Gasteiger partial charge < -0.3 is 9.84 Å². The van der Waals surface area contributed by atoms with Crippen molar-refractivity contribution in [3.63, 3.8) is 0 Å². The molecule has 1 N–H and O–H groups in total. The van der Waals surface area contributed by atoms with Gasteiger partial charge in [0.2, 0.25) is 5.88 Å². The summed E-state index contributed by atoms with van der Waals surface area (Å²) < 4.78 is 18.6. The fourth-order valence-corrected chi connectivity index (χ4v) is 1.63. The van der Waals surface area contributed by atoms with E-state index < -0.39 is 5.82 Å². The minimum atomic E-state index is -0.580. The lowest BCUT2D eigenvalue weighted by atomic mass is 10.2. The highest BCUT2D eigenvalue weighted by atomic mass is 35.5. The summed E-state index contributed by atoms with van der Waals surface area (Å²) in [7, 11) is 1.42. The Balaban J connectivity index is 2.54. The second-order valence-corrected chi connectivity index (χ2v) is 3.72. The van der Waals surface area contributed by atoms with Crippen LogP contribution in [0, 0.1) is 5.82 Å². The molecule has 18 heavy (non-hydrogen) atoms. The van der Waals surface area contributed by atoms with Crippen molar-refractivity contribution >= 4 is 11.6 Å². The van der Waals surface area contributed by atoms with Gasteiger partial charge in [-0.15, -0.1) is 0 Å². The van der Waals surface area contributed by atoms with Crippen molar-refractivity contribution < 1.29 is 14.2 Å². The molecule has 2 rings (SSSR count). The Morgan fingerprint density at radius 1 is 1.39 bits per heavy atom. The van der Waals surface area contributed by atoms with Crippen LogP contribution < -0.4 is 4.74 Å². The van der Waals surface area contributed by atoms with Gasteiger partial charge in [0.15, 0.2) is 11.0 Å². The lowest BCUT2D eigenvalue weighted by Crippen LogP contribution is -1.98. The summed E-state index contributed by atoms with van der Waals surface area (Å²) >= 11 is 5.90. The number of halogens is 2. The first-order valence-corrected chi connectivity index (χ1v) is 5.35. The van der Waals surface area contributed by atoms with Crippen LogP contribution in [0.4, 0.5) is 4.39 Å². The highest BCUT2D eigenvalue weighted by Crippen LogP contribution is 2.28. The van der Waals surface area contributed by atoms with Crippen LogP contribution in [-0.4, -0.2) is 27.2 Å². The smallest absolute Gasteiger partial charge is 0.213 e. The fraction of sp³-hybridized carbons (Fsp3) is 0.182. The first kappa shape index (κ1) is 12.7. The predicted molar refractivity (Wildman–Crippen MR) is 62.7 cm³/mol. The maximum atomic E-state index is 13.7. The lowest BCUT2D eigenvalue weighted by molar-refractivity contribution is 0.276. The van der Waals surface area contributed by atoms with E-state index in [1.54, 1.807) is 0 Å². The molecule has 0 bridgehead atoms. The summed E-state index contributed by atoms with van der Waals surface area (Å²) in [6.45, 7) is -0.283. The van der Waals surface area contributed by atoms with Gasteiger partial charge in [-0.1, -0.05) is 11.6 Å². The van der Waals surface area contributed by atoms with Gasteiger partial charge in [0.25, 0.3) is 0 Å². The Bertz CT molecular complexity index is 580. The topological polar surface area (TPSA) is 68.1 Å². The Kier molecular flexibility index (Phi) is 3.69. The van der Waals surface area contributed by atoms with Crippen LogP contribution in [0.5, 0.6) is 5.88 Å². The quantitative estimate of drug-likeness (QED) is 0.921. The number of aliphatic hydroxyl groups is 1. The van der Waals surface area contributed by atoms with E-state index in [0.717, 1.165) is 6.20 Å². The Morgan fingerprint density at radius 3 is 2.78 bits per heavy atom. The van der Waals surface area contributed by atoms with Crippen LogP contribution in [0.1, 0.15) is 5.69 Å². The maximum absolute atomic E-state index is 13.7. The van der Waals surface area contributed by atoms with E-state index in [2.05, 4.69) is 15.0 Å². The molecular weight excluding hydrogens is 261 g/mol. The maximum Gasteiger partial charge on any atom is 0.213 e. The first-order valence-electron chi connectivity index (χ1n) is 4.98. The van der Waals surface area contributed by atoms with E-state index in [0.29, 0.717) is 5.69 Å². The van der Waals surface area contributed by atoms with Crippen molar-refractivity contribution in [2.45, 2.75) is 6.61 Å². The molecule has 94 valence electrons. The van der Waals surface area contributed by atoms with E-state index in [9.17, 15) is 4.39 Å².